The van der Waals surface area contributed by atoms with Crippen molar-refractivity contribution in [3.8, 4) is 0 Å². The van der Waals surface area contributed by atoms with E-state index in [2.05, 4.69) is 0 Å². The van der Waals surface area contributed by atoms with Gasteiger partial charge in [-0.25, -0.2) is 4.79 Å². The fourth-order valence-corrected chi connectivity index (χ4v) is 2.11. The van der Waals surface area contributed by atoms with Gasteiger partial charge >= 0.3 is 5.97 Å². The van der Waals surface area contributed by atoms with Gasteiger partial charge in [0.2, 0.25) is 5.78 Å². The molecule has 1 aromatic rings. The number of carbonyl (C=O) groups excluding carboxylic acids is 2. The Hall–Kier alpha value is -1.29. The van der Waals surface area contributed by atoms with Gasteiger partial charge in [0.15, 0.2) is 5.75 Å². The highest BCUT2D eigenvalue weighted by Crippen LogP contribution is 2.08. The van der Waals surface area contributed by atoms with E-state index in [1.807, 2.05) is 19.4 Å². The van der Waals surface area contributed by atoms with E-state index in [0.29, 0.717) is 23.5 Å². The lowest BCUT2D eigenvalue weighted by Crippen LogP contribution is -2.14. The van der Waals surface area contributed by atoms with E-state index in [4.69, 9.17) is 4.74 Å². The number of rotatable bonds is 6. The van der Waals surface area contributed by atoms with Gasteiger partial charge in [0, 0.05) is 5.56 Å². The van der Waals surface area contributed by atoms with E-state index in [-0.39, 0.29) is 22.6 Å². The molecule has 3 nitrogen and oxygen atoms in total. The van der Waals surface area contributed by atoms with Crippen molar-refractivity contribution in [2.24, 2.45) is 0 Å². The van der Waals surface area contributed by atoms with Crippen LogP contribution in [0.4, 0.5) is 0 Å². The Balaban J connectivity index is 2.67. The lowest BCUT2D eigenvalue weighted by Gasteiger charge is -2.04. The molecule has 0 saturated carbocycles. The highest BCUT2D eigenvalue weighted by Gasteiger charge is 2.14. The summed E-state index contributed by atoms with van der Waals surface area (Å²) in [6.45, 7) is 2.37. The van der Waals surface area contributed by atoms with E-state index in [9.17, 15) is 9.59 Å². The van der Waals surface area contributed by atoms with Crippen LogP contribution in [0.3, 0.4) is 0 Å². The summed E-state index contributed by atoms with van der Waals surface area (Å²) >= 11 is 0. The summed E-state index contributed by atoms with van der Waals surface area (Å²) in [6.07, 6.45) is 4.88. The Morgan fingerprint density at radius 1 is 1.11 bits per heavy atom. The number of hydrogen-bond acceptors (Lipinski definition) is 3. The second kappa shape index (κ2) is 7.21. The van der Waals surface area contributed by atoms with Gasteiger partial charge in [-0.15, -0.1) is 0 Å². The molecule has 0 bridgehead atoms. The number of Topliss-reactive ketones (excluding diaryl/α,β-unsaturated/α-hetero) is 1. The largest absolute Gasteiger partial charge is 0.462 e. The predicted octanol–water partition coefficient (Wildman–Crippen LogP) is 2.31. The fourth-order valence-electron chi connectivity index (χ4n) is 1.42. The number of benzene rings is 1. The first kappa shape index (κ1) is 14.8. The molecule has 0 atom stereocenters. The Kier molecular flexibility index (Phi) is 5.92. The van der Waals surface area contributed by atoms with Gasteiger partial charge in [0.05, 0.1) is 24.7 Å². The van der Waals surface area contributed by atoms with Gasteiger partial charge in [0.25, 0.3) is 0 Å². The molecule has 0 fully saturated rings. The molecule has 0 saturated heterocycles. The standard InChI is InChI=1S/C14H19O3S/c1-4-9-17-14(16)12-7-5-11(6-8-12)13(15)10-18(2)3/h5-8H,4,9-10H2,1-3H3/q+1. The highest BCUT2D eigenvalue weighted by molar-refractivity contribution is 7.96. The summed E-state index contributed by atoms with van der Waals surface area (Å²) in [5, 5.41) is 0. The minimum absolute atomic E-state index is 0.0942. The van der Waals surface area contributed by atoms with Crippen molar-refractivity contribution in [1.82, 2.24) is 0 Å². The van der Waals surface area contributed by atoms with Crippen LogP contribution in [-0.4, -0.2) is 36.6 Å². The maximum Gasteiger partial charge on any atom is 0.338 e. The summed E-state index contributed by atoms with van der Waals surface area (Å²) in [4.78, 5) is 23.4. The van der Waals surface area contributed by atoms with E-state index in [1.54, 1.807) is 24.3 Å². The van der Waals surface area contributed by atoms with Crippen LogP contribution in [-0.2, 0) is 15.6 Å². The molecule has 0 aromatic heterocycles. The van der Waals surface area contributed by atoms with Crippen LogP contribution in [0.25, 0.3) is 0 Å². The number of carbonyl (C=O) groups is 2. The van der Waals surface area contributed by atoms with Crippen LogP contribution in [0.5, 0.6) is 0 Å². The molecule has 18 heavy (non-hydrogen) atoms. The number of esters is 1. The summed E-state index contributed by atoms with van der Waals surface area (Å²) < 4.78 is 5.02. The predicted molar refractivity (Wildman–Crippen MR) is 75.4 cm³/mol. The van der Waals surface area contributed by atoms with Crippen LogP contribution in [0.1, 0.15) is 34.1 Å². The fraction of sp³-hybridized carbons (Fsp3) is 0.429. The zero-order valence-corrected chi connectivity index (χ0v) is 11.9. The molecule has 0 heterocycles. The van der Waals surface area contributed by atoms with Crippen molar-refractivity contribution in [3.05, 3.63) is 35.4 Å². The monoisotopic (exact) mass is 267 g/mol. The summed E-state index contributed by atoms with van der Waals surface area (Å²) in [5.74, 6) is 0.345. The van der Waals surface area contributed by atoms with Crippen LogP contribution in [0.15, 0.2) is 24.3 Å². The molecule has 0 N–H and O–H groups in total. The van der Waals surface area contributed by atoms with Crippen molar-refractivity contribution >= 4 is 22.6 Å². The third-order valence-corrected chi connectivity index (χ3v) is 3.14. The van der Waals surface area contributed by atoms with Crippen molar-refractivity contribution in [2.75, 3.05) is 24.9 Å². The molecule has 0 amide bonds. The Labute approximate surface area is 111 Å². The Morgan fingerprint density at radius 3 is 2.17 bits per heavy atom. The van der Waals surface area contributed by atoms with E-state index in [1.165, 1.54) is 0 Å². The van der Waals surface area contributed by atoms with Gasteiger partial charge in [-0.3, -0.25) is 4.79 Å². The van der Waals surface area contributed by atoms with Crippen molar-refractivity contribution < 1.29 is 14.3 Å². The smallest absolute Gasteiger partial charge is 0.338 e. The van der Waals surface area contributed by atoms with Crippen LogP contribution >= 0.6 is 0 Å². The normalized spacial score (nSPS) is 10.4. The van der Waals surface area contributed by atoms with Gasteiger partial charge in [-0.2, -0.15) is 0 Å². The first-order valence-corrected chi connectivity index (χ1v) is 8.10. The minimum Gasteiger partial charge on any atom is -0.462 e. The second-order valence-corrected chi connectivity index (χ2v) is 6.53. The van der Waals surface area contributed by atoms with Gasteiger partial charge in [0.1, 0.15) is 0 Å². The van der Waals surface area contributed by atoms with E-state index >= 15 is 0 Å². The SMILES string of the molecule is CCCOC(=O)c1ccc(C(=O)C[S+](C)C)cc1. The first-order valence-electron chi connectivity index (χ1n) is 5.89. The quantitative estimate of drug-likeness (QED) is 0.451. The van der Waals surface area contributed by atoms with Crippen LogP contribution in [0, 0.1) is 0 Å². The second-order valence-electron chi connectivity index (χ2n) is 4.27. The van der Waals surface area contributed by atoms with Crippen molar-refractivity contribution in [1.29, 1.82) is 0 Å². The minimum atomic E-state index is -0.332. The summed E-state index contributed by atoms with van der Waals surface area (Å²) in [5.41, 5.74) is 1.15. The van der Waals surface area contributed by atoms with Gasteiger partial charge in [-0.1, -0.05) is 19.1 Å². The number of ether oxygens (including phenoxy) is 1. The zero-order valence-electron chi connectivity index (χ0n) is 11.1. The summed E-state index contributed by atoms with van der Waals surface area (Å²) in [7, 11) is 0.0942. The summed E-state index contributed by atoms with van der Waals surface area (Å²) in [6, 6.07) is 6.68. The van der Waals surface area contributed by atoms with Crippen LogP contribution in [0.2, 0.25) is 0 Å². The van der Waals surface area contributed by atoms with E-state index in [0.717, 1.165) is 6.42 Å². The average Bonchev–Trinajstić information content (AvgIpc) is 2.35. The molecule has 0 unspecified atom stereocenters. The molecule has 1 aromatic carbocycles. The maximum atomic E-state index is 11.8. The first-order chi connectivity index (χ1) is 8.54. The lowest BCUT2D eigenvalue weighted by molar-refractivity contribution is 0.0505. The average molecular weight is 267 g/mol. The third-order valence-electron chi connectivity index (χ3n) is 2.30. The number of hydrogen-bond donors (Lipinski definition) is 0. The van der Waals surface area contributed by atoms with Crippen molar-refractivity contribution in [3.63, 3.8) is 0 Å². The highest BCUT2D eigenvalue weighted by atomic mass is 32.2. The van der Waals surface area contributed by atoms with Crippen molar-refractivity contribution in [2.45, 2.75) is 13.3 Å². The topological polar surface area (TPSA) is 43.4 Å². The molecular weight excluding hydrogens is 248 g/mol. The Morgan fingerprint density at radius 2 is 1.67 bits per heavy atom. The van der Waals surface area contributed by atoms with Crippen LogP contribution < -0.4 is 0 Å². The molecule has 0 aliphatic rings. The maximum absolute atomic E-state index is 11.8. The van der Waals surface area contributed by atoms with Gasteiger partial charge < -0.3 is 4.74 Å². The molecule has 0 spiro atoms. The molecule has 1 rings (SSSR count). The number of ketones is 1. The van der Waals surface area contributed by atoms with E-state index < -0.39 is 0 Å². The third kappa shape index (κ3) is 4.53. The molecule has 0 radical (unpaired) electrons. The molecule has 0 aliphatic carbocycles. The molecule has 4 heteroatoms. The Bertz CT molecular complexity index is 410. The molecule has 0 aliphatic heterocycles. The lowest BCUT2D eigenvalue weighted by atomic mass is 10.1. The zero-order chi connectivity index (χ0) is 13.5. The molecular formula is C14H19O3S+. The molecule has 98 valence electrons. The van der Waals surface area contributed by atoms with Gasteiger partial charge in [-0.05, 0) is 29.4 Å².